The molecule has 3 nitrogen and oxygen atoms in total. The number of nitrogens with two attached hydrogens (primary N) is 1. The molecule has 0 aliphatic carbocycles. The largest absolute Gasteiger partial charge is 0.460 e. The third-order valence-electron chi connectivity index (χ3n) is 2.16. The summed E-state index contributed by atoms with van der Waals surface area (Å²) in [5.74, 6) is 0.555. The van der Waals surface area contributed by atoms with E-state index in [4.69, 9.17) is 10.5 Å². The van der Waals surface area contributed by atoms with Gasteiger partial charge in [0.25, 0.3) is 0 Å². The predicted molar refractivity (Wildman–Crippen MR) is 67.2 cm³/mol. The van der Waals surface area contributed by atoms with E-state index in [9.17, 15) is 4.79 Å². The van der Waals surface area contributed by atoms with E-state index in [0.29, 0.717) is 13.0 Å². The molecule has 0 fully saturated rings. The fourth-order valence-electron chi connectivity index (χ4n) is 1.20. The van der Waals surface area contributed by atoms with Crippen molar-refractivity contribution in [2.75, 3.05) is 12.0 Å². The third-order valence-corrected chi connectivity index (χ3v) is 2.80. The molecule has 0 bridgehead atoms. The van der Waals surface area contributed by atoms with Crippen LogP contribution in [0.5, 0.6) is 0 Å². The van der Waals surface area contributed by atoms with Crippen molar-refractivity contribution in [3.05, 3.63) is 35.9 Å². The number of carbonyl (C=O) groups is 1. The molecule has 0 radical (unpaired) electrons. The maximum Gasteiger partial charge on any atom is 0.323 e. The van der Waals surface area contributed by atoms with E-state index in [0.717, 1.165) is 11.3 Å². The van der Waals surface area contributed by atoms with Crippen molar-refractivity contribution < 1.29 is 9.53 Å². The number of rotatable bonds is 6. The summed E-state index contributed by atoms with van der Waals surface area (Å²) in [6.07, 6.45) is 2.65. The molecule has 0 aromatic heterocycles. The molecule has 0 heterocycles. The maximum atomic E-state index is 11.5. The molecular weight excluding hydrogens is 222 g/mol. The van der Waals surface area contributed by atoms with Gasteiger partial charge in [-0.3, -0.25) is 4.79 Å². The highest BCUT2D eigenvalue weighted by Crippen LogP contribution is 2.04. The van der Waals surface area contributed by atoms with Crippen LogP contribution in [0.1, 0.15) is 12.0 Å². The van der Waals surface area contributed by atoms with Gasteiger partial charge in [-0.05, 0) is 24.0 Å². The van der Waals surface area contributed by atoms with Crippen LogP contribution in [0.4, 0.5) is 0 Å². The Hall–Kier alpha value is -1.00. The number of esters is 1. The molecule has 16 heavy (non-hydrogen) atoms. The molecule has 0 spiro atoms. The van der Waals surface area contributed by atoms with Gasteiger partial charge in [0.05, 0.1) is 0 Å². The van der Waals surface area contributed by atoms with Gasteiger partial charge in [-0.2, -0.15) is 11.8 Å². The van der Waals surface area contributed by atoms with Crippen molar-refractivity contribution >= 4 is 17.7 Å². The predicted octanol–water partition coefficient (Wildman–Crippen LogP) is 1.81. The van der Waals surface area contributed by atoms with Gasteiger partial charge in [0.15, 0.2) is 0 Å². The highest BCUT2D eigenvalue weighted by atomic mass is 32.2. The summed E-state index contributed by atoms with van der Waals surface area (Å²) in [6, 6.07) is 9.08. The van der Waals surface area contributed by atoms with Crippen LogP contribution in [0, 0.1) is 0 Å². The van der Waals surface area contributed by atoms with E-state index in [1.54, 1.807) is 11.8 Å². The number of benzene rings is 1. The Kier molecular flexibility index (Phi) is 5.96. The zero-order valence-corrected chi connectivity index (χ0v) is 10.2. The summed E-state index contributed by atoms with van der Waals surface area (Å²) >= 11 is 1.67. The van der Waals surface area contributed by atoms with E-state index in [1.165, 1.54) is 0 Å². The van der Waals surface area contributed by atoms with Crippen LogP contribution >= 0.6 is 11.8 Å². The molecule has 1 aromatic carbocycles. The number of thioether (sulfide) groups is 1. The van der Waals surface area contributed by atoms with Crippen molar-refractivity contribution in [3.8, 4) is 0 Å². The topological polar surface area (TPSA) is 52.3 Å². The lowest BCUT2D eigenvalue weighted by atomic mass is 10.2. The smallest absolute Gasteiger partial charge is 0.323 e. The summed E-state index contributed by atoms with van der Waals surface area (Å²) in [5, 5.41) is 0. The molecule has 1 aromatic rings. The lowest BCUT2D eigenvalue weighted by Crippen LogP contribution is -2.32. The van der Waals surface area contributed by atoms with Gasteiger partial charge in [-0.1, -0.05) is 30.3 Å². The normalized spacial score (nSPS) is 12.1. The van der Waals surface area contributed by atoms with E-state index in [-0.39, 0.29) is 5.97 Å². The molecule has 0 unspecified atom stereocenters. The van der Waals surface area contributed by atoms with Crippen molar-refractivity contribution in [1.82, 2.24) is 0 Å². The summed E-state index contributed by atoms with van der Waals surface area (Å²) in [7, 11) is 0. The second kappa shape index (κ2) is 7.30. The minimum atomic E-state index is -0.504. The molecular formula is C12H17NO2S. The van der Waals surface area contributed by atoms with Gasteiger partial charge in [0.1, 0.15) is 12.6 Å². The van der Waals surface area contributed by atoms with E-state index in [2.05, 4.69) is 0 Å². The van der Waals surface area contributed by atoms with Crippen LogP contribution in [0.3, 0.4) is 0 Å². The Labute approximate surface area is 100 Å². The Morgan fingerprint density at radius 2 is 2.12 bits per heavy atom. The Bertz CT molecular complexity index is 316. The second-order valence-electron chi connectivity index (χ2n) is 3.48. The fraction of sp³-hybridized carbons (Fsp3) is 0.417. The van der Waals surface area contributed by atoms with Gasteiger partial charge >= 0.3 is 5.97 Å². The number of ether oxygens (including phenoxy) is 1. The highest BCUT2D eigenvalue weighted by Gasteiger charge is 2.14. The molecule has 1 rings (SSSR count). The highest BCUT2D eigenvalue weighted by molar-refractivity contribution is 7.98. The molecule has 1 atom stereocenters. The average Bonchev–Trinajstić information content (AvgIpc) is 2.34. The number of carbonyl (C=O) groups excluding carboxylic acids is 1. The summed E-state index contributed by atoms with van der Waals surface area (Å²) in [6.45, 7) is 0.298. The Balaban J connectivity index is 2.29. The molecule has 0 saturated heterocycles. The second-order valence-corrected chi connectivity index (χ2v) is 4.47. The SMILES string of the molecule is CSCC[C@H](N)C(=O)OCc1ccccc1. The minimum absolute atomic E-state index is 0.298. The van der Waals surface area contributed by atoms with Crippen LogP contribution in [0.25, 0.3) is 0 Å². The van der Waals surface area contributed by atoms with E-state index < -0.39 is 6.04 Å². The monoisotopic (exact) mass is 239 g/mol. The summed E-state index contributed by atoms with van der Waals surface area (Å²) in [4.78, 5) is 11.5. The molecule has 0 saturated carbocycles. The van der Waals surface area contributed by atoms with Crippen LogP contribution in [-0.2, 0) is 16.1 Å². The van der Waals surface area contributed by atoms with Crippen molar-refractivity contribution in [1.29, 1.82) is 0 Å². The van der Waals surface area contributed by atoms with Crippen LogP contribution < -0.4 is 5.73 Å². The maximum absolute atomic E-state index is 11.5. The average molecular weight is 239 g/mol. The first-order chi connectivity index (χ1) is 7.74. The number of hydrogen-bond donors (Lipinski definition) is 1. The Morgan fingerprint density at radius 1 is 1.44 bits per heavy atom. The van der Waals surface area contributed by atoms with E-state index in [1.807, 2.05) is 36.6 Å². The molecule has 0 aliphatic heterocycles. The lowest BCUT2D eigenvalue weighted by molar-refractivity contribution is -0.146. The fourth-order valence-corrected chi connectivity index (χ4v) is 1.69. The van der Waals surface area contributed by atoms with Crippen LogP contribution in [0.2, 0.25) is 0 Å². The zero-order chi connectivity index (χ0) is 11.8. The third kappa shape index (κ3) is 4.68. The first kappa shape index (κ1) is 13.1. The van der Waals surface area contributed by atoms with Crippen LogP contribution in [0.15, 0.2) is 30.3 Å². The van der Waals surface area contributed by atoms with Gasteiger partial charge in [-0.15, -0.1) is 0 Å². The Morgan fingerprint density at radius 3 is 2.75 bits per heavy atom. The standard InChI is InChI=1S/C12H17NO2S/c1-16-8-7-11(13)12(14)15-9-10-5-3-2-4-6-10/h2-6,11H,7-9,13H2,1H3/t11-/m0/s1. The summed E-state index contributed by atoms with van der Waals surface area (Å²) in [5.41, 5.74) is 6.66. The van der Waals surface area contributed by atoms with Crippen molar-refractivity contribution in [2.45, 2.75) is 19.1 Å². The van der Waals surface area contributed by atoms with E-state index >= 15 is 0 Å². The zero-order valence-electron chi connectivity index (χ0n) is 9.39. The molecule has 2 N–H and O–H groups in total. The summed E-state index contributed by atoms with van der Waals surface area (Å²) < 4.78 is 5.11. The quantitative estimate of drug-likeness (QED) is 0.769. The molecule has 4 heteroatoms. The molecule has 88 valence electrons. The lowest BCUT2D eigenvalue weighted by Gasteiger charge is -2.10. The molecule has 0 amide bonds. The van der Waals surface area contributed by atoms with Crippen LogP contribution in [-0.4, -0.2) is 24.0 Å². The van der Waals surface area contributed by atoms with Gasteiger partial charge in [-0.25, -0.2) is 0 Å². The molecule has 0 aliphatic rings. The van der Waals surface area contributed by atoms with Gasteiger partial charge in [0, 0.05) is 0 Å². The van der Waals surface area contributed by atoms with Gasteiger partial charge < -0.3 is 10.5 Å². The first-order valence-electron chi connectivity index (χ1n) is 5.19. The van der Waals surface area contributed by atoms with Crippen molar-refractivity contribution in [2.24, 2.45) is 5.73 Å². The van der Waals surface area contributed by atoms with Crippen molar-refractivity contribution in [3.63, 3.8) is 0 Å². The number of hydrogen-bond acceptors (Lipinski definition) is 4. The first-order valence-corrected chi connectivity index (χ1v) is 6.58. The van der Waals surface area contributed by atoms with Gasteiger partial charge in [0.2, 0.25) is 0 Å². The minimum Gasteiger partial charge on any atom is -0.460 e.